The maximum absolute atomic E-state index is 5.86. The summed E-state index contributed by atoms with van der Waals surface area (Å²) in [5.74, 6) is 2.09. The molecule has 1 aromatic heterocycles. The second-order valence-corrected chi connectivity index (χ2v) is 6.29. The second-order valence-electron chi connectivity index (χ2n) is 6.29. The Morgan fingerprint density at radius 1 is 1.26 bits per heavy atom. The average Bonchev–Trinajstić information content (AvgIpc) is 2.67. The first kappa shape index (κ1) is 14.6. The topological polar surface area (TPSA) is 37.6 Å². The lowest BCUT2D eigenvalue weighted by Crippen LogP contribution is -2.35. The van der Waals surface area contributed by atoms with Crippen molar-refractivity contribution in [2.24, 2.45) is 0 Å². The van der Waals surface area contributed by atoms with Crippen LogP contribution >= 0.6 is 0 Å². The highest BCUT2D eigenvalue weighted by Crippen LogP contribution is 2.17. The molecule has 0 amide bonds. The molecule has 0 bridgehead atoms. The molecule has 1 saturated heterocycles. The van der Waals surface area contributed by atoms with E-state index in [1.807, 2.05) is 6.92 Å². The van der Waals surface area contributed by atoms with Gasteiger partial charge in [-0.2, -0.15) is 0 Å². The summed E-state index contributed by atoms with van der Waals surface area (Å²) in [4.78, 5) is 2.38. The zero-order valence-electron chi connectivity index (χ0n) is 12.6. The van der Waals surface area contributed by atoms with Gasteiger partial charge in [0.05, 0.1) is 19.8 Å². The van der Waals surface area contributed by atoms with Crippen LogP contribution in [0.4, 0.5) is 0 Å². The molecular weight excluding hydrogens is 240 g/mol. The molecular formula is C15H26N2O2. The molecule has 2 rings (SSSR count). The molecule has 0 unspecified atom stereocenters. The fourth-order valence-corrected chi connectivity index (χ4v) is 2.18. The van der Waals surface area contributed by atoms with Crippen LogP contribution in [-0.4, -0.2) is 36.7 Å². The van der Waals surface area contributed by atoms with Gasteiger partial charge in [0.15, 0.2) is 0 Å². The van der Waals surface area contributed by atoms with Crippen LogP contribution in [0.15, 0.2) is 10.5 Å². The minimum Gasteiger partial charge on any atom is -0.465 e. The maximum Gasteiger partial charge on any atom is 0.118 e. The van der Waals surface area contributed by atoms with Gasteiger partial charge in [0.2, 0.25) is 0 Å². The molecule has 1 aliphatic rings. The Balaban J connectivity index is 1.92. The fraction of sp³-hybridized carbons (Fsp3) is 0.733. The molecule has 0 aliphatic carbocycles. The van der Waals surface area contributed by atoms with Crippen molar-refractivity contribution < 1.29 is 9.15 Å². The van der Waals surface area contributed by atoms with Gasteiger partial charge in [-0.3, -0.25) is 4.90 Å². The van der Waals surface area contributed by atoms with Gasteiger partial charge < -0.3 is 14.5 Å². The van der Waals surface area contributed by atoms with Gasteiger partial charge in [-0.25, -0.2) is 0 Å². The van der Waals surface area contributed by atoms with Gasteiger partial charge >= 0.3 is 0 Å². The SMILES string of the molecule is Cc1oc(CN2CCOCC2)cc1CNC(C)(C)C. The molecule has 0 spiro atoms. The first-order valence-electron chi connectivity index (χ1n) is 7.07. The highest BCUT2D eigenvalue weighted by Gasteiger charge is 2.16. The molecule has 1 aliphatic heterocycles. The van der Waals surface area contributed by atoms with Crippen LogP contribution in [-0.2, 0) is 17.8 Å². The first-order valence-corrected chi connectivity index (χ1v) is 7.07. The molecule has 4 heteroatoms. The summed E-state index contributed by atoms with van der Waals surface area (Å²) in [7, 11) is 0. The van der Waals surface area contributed by atoms with Crippen molar-refractivity contribution in [3.8, 4) is 0 Å². The summed E-state index contributed by atoms with van der Waals surface area (Å²) in [6.07, 6.45) is 0. The molecule has 0 radical (unpaired) electrons. The number of ether oxygens (including phenoxy) is 1. The number of hydrogen-bond donors (Lipinski definition) is 1. The van der Waals surface area contributed by atoms with E-state index in [0.717, 1.165) is 50.9 Å². The van der Waals surface area contributed by atoms with Gasteiger partial charge in [-0.1, -0.05) is 0 Å². The summed E-state index contributed by atoms with van der Waals surface area (Å²) in [5, 5.41) is 3.50. The van der Waals surface area contributed by atoms with E-state index in [2.05, 4.69) is 37.1 Å². The number of rotatable bonds is 4. The van der Waals surface area contributed by atoms with Crippen LogP contribution in [0.5, 0.6) is 0 Å². The Kier molecular flexibility index (Phi) is 4.66. The van der Waals surface area contributed by atoms with E-state index in [9.17, 15) is 0 Å². The number of nitrogens with one attached hydrogen (secondary N) is 1. The number of hydrogen-bond acceptors (Lipinski definition) is 4. The van der Waals surface area contributed by atoms with Gasteiger partial charge in [0, 0.05) is 30.7 Å². The minimum atomic E-state index is 0.133. The van der Waals surface area contributed by atoms with E-state index < -0.39 is 0 Å². The summed E-state index contributed by atoms with van der Waals surface area (Å²) in [5.41, 5.74) is 1.40. The summed E-state index contributed by atoms with van der Waals surface area (Å²) in [6, 6.07) is 2.18. The van der Waals surface area contributed by atoms with Gasteiger partial charge in [-0.05, 0) is 33.8 Å². The second kappa shape index (κ2) is 6.07. The minimum absolute atomic E-state index is 0.133. The van der Waals surface area contributed by atoms with E-state index in [1.165, 1.54) is 5.56 Å². The Bertz CT molecular complexity index is 401. The van der Waals surface area contributed by atoms with Crippen LogP contribution < -0.4 is 5.32 Å². The molecule has 19 heavy (non-hydrogen) atoms. The lowest BCUT2D eigenvalue weighted by molar-refractivity contribution is 0.0312. The quantitative estimate of drug-likeness (QED) is 0.907. The van der Waals surface area contributed by atoms with E-state index in [1.54, 1.807) is 0 Å². The smallest absolute Gasteiger partial charge is 0.118 e. The Labute approximate surface area is 116 Å². The van der Waals surface area contributed by atoms with Crippen molar-refractivity contribution in [3.63, 3.8) is 0 Å². The highest BCUT2D eigenvalue weighted by molar-refractivity contribution is 5.21. The number of nitrogens with zero attached hydrogens (tertiary/aromatic N) is 1. The summed E-state index contributed by atoms with van der Waals surface area (Å²) in [6.45, 7) is 14.0. The number of aryl methyl sites for hydroxylation is 1. The standard InChI is InChI=1S/C15H26N2O2/c1-12-13(10-16-15(2,3)4)9-14(19-12)11-17-5-7-18-8-6-17/h9,16H,5-8,10-11H2,1-4H3. The lowest BCUT2D eigenvalue weighted by atomic mass is 10.1. The van der Waals surface area contributed by atoms with Crippen molar-refractivity contribution in [2.45, 2.75) is 46.3 Å². The molecule has 4 nitrogen and oxygen atoms in total. The lowest BCUT2D eigenvalue weighted by Gasteiger charge is -2.25. The van der Waals surface area contributed by atoms with Crippen molar-refractivity contribution >= 4 is 0 Å². The largest absolute Gasteiger partial charge is 0.465 e. The Hall–Kier alpha value is -0.840. The Morgan fingerprint density at radius 3 is 2.58 bits per heavy atom. The van der Waals surface area contributed by atoms with Crippen LogP contribution in [0.2, 0.25) is 0 Å². The molecule has 2 heterocycles. The van der Waals surface area contributed by atoms with Gasteiger partial charge in [0.25, 0.3) is 0 Å². The molecule has 0 atom stereocenters. The third-order valence-corrected chi connectivity index (χ3v) is 3.36. The van der Waals surface area contributed by atoms with Crippen LogP contribution in [0, 0.1) is 6.92 Å². The predicted molar refractivity (Wildman–Crippen MR) is 76.1 cm³/mol. The van der Waals surface area contributed by atoms with Crippen molar-refractivity contribution in [3.05, 3.63) is 23.2 Å². The Morgan fingerprint density at radius 2 is 1.95 bits per heavy atom. The summed E-state index contributed by atoms with van der Waals surface area (Å²) >= 11 is 0. The molecule has 1 N–H and O–H groups in total. The van der Waals surface area contributed by atoms with Gasteiger partial charge in [0.1, 0.15) is 11.5 Å². The van der Waals surface area contributed by atoms with Crippen LogP contribution in [0.1, 0.15) is 37.9 Å². The van der Waals surface area contributed by atoms with E-state index >= 15 is 0 Å². The third kappa shape index (κ3) is 4.64. The van der Waals surface area contributed by atoms with Crippen LogP contribution in [0.3, 0.4) is 0 Å². The molecule has 0 aromatic carbocycles. The zero-order valence-corrected chi connectivity index (χ0v) is 12.6. The number of morpholine rings is 1. The monoisotopic (exact) mass is 266 g/mol. The maximum atomic E-state index is 5.86. The van der Waals surface area contributed by atoms with E-state index in [-0.39, 0.29) is 5.54 Å². The normalized spacial score (nSPS) is 17.9. The number of furan rings is 1. The summed E-state index contributed by atoms with van der Waals surface area (Å²) < 4.78 is 11.2. The molecule has 0 saturated carbocycles. The van der Waals surface area contributed by atoms with E-state index in [0.29, 0.717) is 0 Å². The molecule has 1 fully saturated rings. The van der Waals surface area contributed by atoms with E-state index in [4.69, 9.17) is 9.15 Å². The average molecular weight is 266 g/mol. The third-order valence-electron chi connectivity index (χ3n) is 3.36. The van der Waals surface area contributed by atoms with Crippen molar-refractivity contribution in [2.75, 3.05) is 26.3 Å². The first-order chi connectivity index (χ1) is 8.94. The highest BCUT2D eigenvalue weighted by atomic mass is 16.5. The van der Waals surface area contributed by atoms with Crippen molar-refractivity contribution in [1.82, 2.24) is 10.2 Å². The van der Waals surface area contributed by atoms with Crippen molar-refractivity contribution in [1.29, 1.82) is 0 Å². The zero-order chi connectivity index (χ0) is 13.9. The predicted octanol–water partition coefficient (Wildman–Crippen LogP) is 2.31. The molecule has 108 valence electrons. The molecule has 1 aromatic rings. The fourth-order valence-electron chi connectivity index (χ4n) is 2.18. The van der Waals surface area contributed by atoms with Crippen LogP contribution in [0.25, 0.3) is 0 Å². The van der Waals surface area contributed by atoms with Gasteiger partial charge in [-0.15, -0.1) is 0 Å².